The SMILES string of the molecule is CC(C)(C)OC(=O)N[C@H]1CCCCC/C=C\[C@@H]2C[C@@]2(C(=O)NS(=O)(=O)C2CC2)NC(=O)[C@@H]2C[C@@H](OC(=O)N3Cc4ccccc4C4(CCC4)C3)CN2C1=O. The van der Waals surface area contributed by atoms with Gasteiger partial charge in [-0.15, -0.1) is 0 Å². The van der Waals surface area contributed by atoms with Crippen LogP contribution < -0.4 is 15.4 Å². The van der Waals surface area contributed by atoms with Gasteiger partial charge >= 0.3 is 12.2 Å². The summed E-state index contributed by atoms with van der Waals surface area (Å²) >= 11 is 0. The average Bonchev–Trinajstić information content (AvgIpc) is 4.01. The van der Waals surface area contributed by atoms with Crippen molar-refractivity contribution in [1.82, 2.24) is 25.2 Å². The number of fused-ring (bicyclic) bond motifs is 4. The molecule has 0 radical (unpaired) electrons. The van der Waals surface area contributed by atoms with E-state index in [2.05, 4.69) is 21.4 Å². The predicted molar refractivity (Wildman–Crippen MR) is 197 cm³/mol. The number of nitrogens with zero attached hydrogens (tertiary/aromatic N) is 2. The fourth-order valence-corrected chi connectivity index (χ4v) is 9.93. The van der Waals surface area contributed by atoms with Gasteiger partial charge in [0.25, 0.3) is 5.91 Å². The third-order valence-corrected chi connectivity index (χ3v) is 13.6. The lowest BCUT2D eigenvalue weighted by molar-refractivity contribution is -0.141. The monoisotopic (exact) mass is 767 g/mol. The Balaban J connectivity index is 1.14. The molecule has 3 heterocycles. The van der Waals surface area contributed by atoms with Crippen LogP contribution in [0, 0.1) is 5.92 Å². The molecule has 294 valence electrons. The van der Waals surface area contributed by atoms with E-state index >= 15 is 0 Å². The molecule has 3 aliphatic heterocycles. The molecule has 0 unspecified atom stereocenters. The maximum atomic E-state index is 14.4. The summed E-state index contributed by atoms with van der Waals surface area (Å²) in [4.78, 5) is 72.3. The molecule has 5 atom stereocenters. The largest absolute Gasteiger partial charge is 0.444 e. The zero-order valence-corrected chi connectivity index (χ0v) is 32.3. The number of hydrogen-bond donors (Lipinski definition) is 3. The average molecular weight is 768 g/mol. The molecule has 6 aliphatic rings. The highest BCUT2D eigenvalue weighted by Crippen LogP contribution is 2.49. The van der Waals surface area contributed by atoms with E-state index in [1.807, 2.05) is 30.4 Å². The van der Waals surface area contributed by atoms with Crippen LogP contribution >= 0.6 is 0 Å². The third-order valence-electron chi connectivity index (χ3n) is 11.8. The Morgan fingerprint density at radius 3 is 2.46 bits per heavy atom. The van der Waals surface area contributed by atoms with Crippen molar-refractivity contribution in [2.75, 3.05) is 13.1 Å². The van der Waals surface area contributed by atoms with Gasteiger partial charge in [-0.3, -0.25) is 19.1 Å². The Hall–Kier alpha value is -4.14. The van der Waals surface area contributed by atoms with Crippen LogP contribution in [0.4, 0.5) is 9.59 Å². The van der Waals surface area contributed by atoms with Crippen LogP contribution in [0.25, 0.3) is 0 Å². The molecule has 4 fully saturated rings. The fraction of sp³-hybridized carbons (Fsp3) is 0.667. The maximum absolute atomic E-state index is 14.4. The first-order valence-corrected chi connectivity index (χ1v) is 21.0. The Kier molecular flexibility index (Phi) is 10.2. The van der Waals surface area contributed by atoms with Crippen LogP contribution in [0.5, 0.6) is 0 Å². The number of hydrogen-bond acceptors (Lipinski definition) is 9. The van der Waals surface area contributed by atoms with Gasteiger partial charge in [0.15, 0.2) is 0 Å². The summed E-state index contributed by atoms with van der Waals surface area (Å²) in [5.74, 6) is -2.44. The second kappa shape index (κ2) is 14.5. The highest BCUT2D eigenvalue weighted by Gasteiger charge is 2.62. The summed E-state index contributed by atoms with van der Waals surface area (Å²) in [6.45, 7) is 5.95. The van der Waals surface area contributed by atoms with Crippen molar-refractivity contribution in [1.29, 1.82) is 0 Å². The van der Waals surface area contributed by atoms with Crippen LogP contribution in [-0.4, -0.2) is 95.8 Å². The van der Waals surface area contributed by atoms with E-state index in [0.29, 0.717) is 45.2 Å². The standard InChI is InChI=1S/C39H53N5O9S/c1-37(2,3)53-35(48)40-30-15-8-6-4-5-7-13-26-21-39(26,34(47)42-54(50,51)28-16-17-28)41-32(45)31-20-27(23-44(31)33(30)46)52-36(49)43-22-25-12-9-10-14-29(25)38(24-43)18-11-19-38/h7,9-10,12-14,26-28,30-31H,4-6,8,11,15-24H2,1-3H3,(H,40,48)(H,41,45)(H,42,47)/b13-7-/t26-,27-,30+,31+,39-/m1/s1. The number of nitrogens with one attached hydrogen (secondary N) is 3. The molecule has 14 nitrogen and oxygen atoms in total. The van der Waals surface area contributed by atoms with Crippen LogP contribution in [0.3, 0.4) is 0 Å². The van der Waals surface area contributed by atoms with Crippen LogP contribution in [0.1, 0.15) is 109 Å². The number of sulfonamides is 1. The molecule has 3 N–H and O–H groups in total. The second-order valence-electron chi connectivity index (χ2n) is 17.1. The maximum Gasteiger partial charge on any atom is 0.410 e. The quantitative estimate of drug-likeness (QED) is 0.375. The summed E-state index contributed by atoms with van der Waals surface area (Å²) in [5, 5.41) is 4.94. The number of benzene rings is 1. The topological polar surface area (TPSA) is 181 Å². The normalized spacial score (nSPS) is 30.2. The first kappa shape index (κ1) is 38.1. The highest BCUT2D eigenvalue weighted by molar-refractivity contribution is 7.91. The van der Waals surface area contributed by atoms with Crippen LogP contribution in [0.2, 0.25) is 0 Å². The smallest absolute Gasteiger partial charge is 0.410 e. The Morgan fingerprint density at radius 2 is 1.76 bits per heavy atom. The summed E-state index contributed by atoms with van der Waals surface area (Å²) in [7, 11) is -3.90. The molecule has 5 amide bonds. The first-order chi connectivity index (χ1) is 25.6. The van der Waals surface area contributed by atoms with Gasteiger partial charge in [0.2, 0.25) is 21.8 Å². The lowest BCUT2D eigenvalue weighted by Gasteiger charge is -2.49. The summed E-state index contributed by atoms with van der Waals surface area (Å²) in [6.07, 6.45) is 8.85. The third kappa shape index (κ3) is 7.97. The van der Waals surface area contributed by atoms with Gasteiger partial charge in [-0.25, -0.2) is 18.0 Å². The zero-order chi connectivity index (χ0) is 38.5. The molecule has 1 aromatic rings. The van der Waals surface area contributed by atoms with Gasteiger partial charge < -0.3 is 29.9 Å². The molecule has 54 heavy (non-hydrogen) atoms. The zero-order valence-electron chi connectivity index (χ0n) is 31.4. The summed E-state index contributed by atoms with van der Waals surface area (Å²) < 4.78 is 39.4. The fourth-order valence-electron chi connectivity index (χ4n) is 8.56. The Labute approximate surface area is 317 Å². The van der Waals surface area contributed by atoms with Crippen molar-refractivity contribution in [3.8, 4) is 0 Å². The molecular formula is C39H53N5O9S. The van der Waals surface area contributed by atoms with Gasteiger partial charge in [-0.2, -0.15) is 0 Å². The minimum Gasteiger partial charge on any atom is -0.444 e. The molecule has 3 aliphatic carbocycles. The van der Waals surface area contributed by atoms with Crippen molar-refractivity contribution < 1.29 is 41.9 Å². The molecular weight excluding hydrogens is 715 g/mol. The minimum atomic E-state index is -3.90. The molecule has 0 bridgehead atoms. The Morgan fingerprint density at radius 1 is 1.00 bits per heavy atom. The van der Waals surface area contributed by atoms with Gasteiger partial charge in [0, 0.05) is 30.8 Å². The lowest BCUT2D eigenvalue weighted by Crippen LogP contribution is -2.58. The number of alkyl carbamates (subject to hydrolysis) is 1. The highest BCUT2D eigenvalue weighted by atomic mass is 32.2. The minimum absolute atomic E-state index is 0.0450. The van der Waals surface area contributed by atoms with Crippen molar-refractivity contribution in [2.45, 2.75) is 144 Å². The molecule has 7 rings (SSSR count). The molecule has 1 aromatic carbocycles. The van der Waals surface area contributed by atoms with Gasteiger partial charge in [-0.1, -0.05) is 55.7 Å². The number of rotatable bonds is 5. The lowest BCUT2D eigenvalue weighted by atomic mass is 9.61. The number of carbonyl (C=O) groups excluding carboxylic acids is 5. The summed E-state index contributed by atoms with van der Waals surface area (Å²) in [6, 6.07) is 5.96. The van der Waals surface area contributed by atoms with Crippen LogP contribution in [-0.2, 0) is 45.8 Å². The van der Waals surface area contributed by atoms with E-state index in [9.17, 15) is 32.4 Å². The van der Waals surface area contributed by atoms with E-state index in [4.69, 9.17) is 9.47 Å². The van der Waals surface area contributed by atoms with E-state index in [1.165, 1.54) is 10.5 Å². The van der Waals surface area contributed by atoms with Crippen molar-refractivity contribution in [3.05, 3.63) is 47.5 Å². The van der Waals surface area contributed by atoms with Gasteiger partial charge in [0.05, 0.1) is 11.8 Å². The van der Waals surface area contributed by atoms with Crippen LogP contribution in [0.15, 0.2) is 36.4 Å². The van der Waals surface area contributed by atoms with E-state index in [0.717, 1.165) is 37.7 Å². The van der Waals surface area contributed by atoms with E-state index in [-0.39, 0.29) is 24.8 Å². The van der Waals surface area contributed by atoms with Gasteiger partial charge in [0.1, 0.15) is 29.3 Å². The number of carbonyl (C=O) groups is 5. The van der Waals surface area contributed by atoms with Crippen molar-refractivity contribution >= 4 is 39.9 Å². The number of ether oxygens (including phenoxy) is 2. The number of amides is 5. The first-order valence-electron chi connectivity index (χ1n) is 19.5. The second-order valence-corrected chi connectivity index (χ2v) is 19.1. The molecule has 15 heteroatoms. The van der Waals surface area contributed by atoms with Crippen molar-refractivity contribution in [3.63, 3.8) is 0 Å². The Bertz CT molecular complexity index is 1820. The molecule has 1 spiro atoms. The predicted octanol–water partition coefficient (Wildman–Crippen LogP) is 3.93. The molecule has 1 saturated heterocycles. The number of allylic oxidation sites excluding steroid dienone is 1. The summed E-state index contributed by atoms with van der Waals surface area (Å²) in [5.41, 5.74) is -0.107. The van der Waals surface area contributed by atoms with Crippen molar-refractivity contribution in [2.24, 2.45) is 5.92 Å². The van der Waals surface area contributed by atoms with E-state index < -0.39 is 80.4 Å². The van der Waals surface area contributed by atoms with E-state index in [1.54, 1.807) is 25.7 Å². The van der Waals surface area contributed by atoms with Gasteiger partial charge in [-0.05, 0) is 83.3 Å². The molecule has 3 saturated carbocycles. The molecule has 0 aromatic heterocycles.